The summed E-state index contributed by atoms with van der Waals surface area (Å²) in [7, 11) is 3.05. The minimum atomic E-state index is -0.345. The van der Waals surface area contributed by atoms with Gasteiger partial charge in [0.25, 0.3) is 0 Å². The number of rotatable bonds is 8. The number of esters is 1. The van der Waals surface area contributed by atoms with Crippen molar-refractivity contribution in [2.24, 2.45) is 5.92 Å². The van der Waals surface area contributed by atoms with Crippen molar-refractivity contribution in [1.29, 1.82) is 0 Å². The summed E-state index contributed by atoms with van der Waals surface area (Å²) in [4.78, 5) is 11.9. The number of carbonyl (C=O) groups is 1. The molecule has 1 rings (SSSR count). The van der Waals surface area contributed by atoms with Crippen molar-refractivity contribution in [3.8, 4) is 5.75 Å². The Labute approximate surface area is 127 Å². The van der Waals surface area contributed by atoms with Gasteiger partial charge in [0.05, 0.1) is 14.2 Å². The highest BCUT2D eigenvalue weighted by atomic mass is 16.5. The molecule has 0 amide bonds. The fourth-order valence-electron chi connectivity index (χ4n) is 2.18. The van der Waals surface area contributed by atoms with E-state index in [1.54, 1.807) is 7.11 Å². The third-order valence-corrected chi connectivity index (χ3v) is 3.42. The first kappa shape index (κ1) is 17.2. The van der Waals surface area contributed by atoms with Crippen LogP contribution in [0, 0.1) is 5.92 Å². The quantitative estimate of drug-likeness (QED) is 0.590. The van der Waals surface area contributed by atoms with Crippen LogP contribution in [0.1, 0.15) is 31.9 Å². The van der Waals surface area contributed by atoms with Gasteiger partial charge >= 0.3 is 5.97 Å². The SMILES string of the molecule is C=CC[C@H](N[C@H](C(=O)OC)C(C)C)c1ccc(OC)cc1. The maximum absolute atomic E-state index is 11.9. The summed E-state index contributed by atoms with van der Waals surface area (Å²) in [6.45, 7) is 7.78. The molecule has 0 radical (unpaired) electrons. The molecule has 0 bridgehead atoms. The zero-order valence-electron chi connectivity index (χ0n) is 13.3. The predicted molar refractivity (Wildman–Crippen MR) is 84.3 cm³/mol. The van der Waals surface area contributed by atoms with Gasteiger partial charge in [-0.1, -0.05) is 32.1 Å². The van der Waals surface area contributed by atoms with Crippen LogP contribution in [0.4, 0.5) is 0 Å². The summed E-state index contributed by atoms with van der Waals surface area (Å²) in [5.74, 6) is 0.708. The fourth-order valence-corrected chi connectivity index (χ4v) is 2.18. The van der Waals surface area contributed by atoms with Crippen LogP contribution in [0.25, 0.3) is 0 Å². The summed E-state index contributed by atoms with van der Waals surface area (Å²) in [6.07, 6.45) is 2.57. The first-order valence-corrected chi connectivity index (χ1v) is 7.12. The molecular weight excluding hydrogens is 266 g/mol. The molecule has 4 nitrogen and oxygen atoms in total. The maximum Gasteiger partial charge on any atom is 0.323 e. The molecule has 0 aliphatic carbocycles. The Kier molecular flexibility index (Phi) is 6.96. The van der Waals surface area contributed by atoms with Crippen molar-refractivity contribution in [2.75, 3.05) is 14.2 Å². The molecule has 0 aromatic heterocycles. The van der Waals surface area contributed by atoms with E-state index in [1.165, 1.54) is 7.11 Å². The van der Waals surface area contributed by atoms with Gasteiger partial charge < -0.3 is 9.47 Å². The van der Waals surface area contributed by atoms with Crippen molar-refractivity contribution in [2.45, 2.75) is 32.4 Å². The third kappa shape index (κ3) is 4.90. The highest BCUT2D eigenvalue weighted by Crippen LogP contribution is 2.22. The van der Waals surface area contributed by atoms with Gasteiger partial charge in [-0.2, -0.15) is 0 Å². The van der Waals surface area contributed by atoms with Crippen LogP contribution >= 0.6 is 0 Å². The molecule has 1 N–H and O–H groups in total. The number of hydrogen-bond acceptors (Lipinski definition) is 4. The molecule has 0 heterocycles. The average molecular weight is 291 g/mol. The number of hydrogen-bond donors (Lipinski definition) is 1. The summed E-state index contributed by atoms with van der Waals surface area (Å²) in [6, 6.07) is 7.48. The van der Waals surface area contributed by atoms with Gasteiger partial charge in [-0.25, -0.2) is 0 Å². The van der Waals surface area contributed by atoms with Gasteiger partial charge in [-0.05, 0) is 30.0 Å². The third-order valence-electron chi connectivity index (χ3n) is 3.42. The van der Waals surface area contributed by atoms with Gasteiger partial charge in [-0.15, -0.1) is 6.58 Å². The van der Waals surface area contributed by atoms with Crippen LogP contribution in [0.3, 0.4) is 0 Å². The molecule has 0 saturated carbocycles. The lowest BCUT2D eigenvalue weighted by atomic mass is 9.98. The first-order valence-electron chi connectivity index (χ1n) is 7.12. The summed E-state index contributed by atoms with van der Waals surface area (Å²) < 4.78 is 10.0. The highest BCUT2D eigenvalue weighted by molar-refractivity contribution is 5.76. The lowest BCUT2D eigenvalue weighted by molar-refractivity contribution is -0.144. The van der Waals surface area contributed by atoms with Crippen LogP contribution in [-0.4, -0.2) is 26.2 Å². The molecule has 1 aromatic carbocycles. The van der Waals surface area contributed by atoms with Crippen LogP contribution in [0.15, 0.2) is 36.9 Å². The van der Waals surface area contributed by atoms with Gasteiger partial charge in [0.15, 0.2) is 0 Å². The lowest BCUT2D eigenvalue weighted by Crippen LogP contribution is -2.43. The Morgan fingerprint density at radius 1 is 1.29 bits per heavy atom. The van der Waals surface area contributed by atoms with E-state index < -0.39 is 0 Å². The molecule has 2 atom stereocenters. The van der Waals surface area contributed by atoms with E-state index in [-0.39, 0.29) is 24.0 Å². The van der Waals surface area contributed by atoms with E-state index in [4.69, 9.17) is 9.47 Å². The van der Waals surface area contributed by atoms with Crippen LogP contribution in [-0.2, 0) is 9.53 Å². The summed E-state index contributed by atoms with van der Waals surface area (Å²) in [5.41, 5.74) is 1.09. The standard InChI is InChI=1S/C17H25NO3/c1-6-7-15(13-8-10-14(20-4)11-9-13)18-16(12(2)3)17(19)21-5/h6,8-12,15-16,18H,1,7H2,2-5H3/t15-,16-/m0/s1. The molecule has 0 saturated heterocycles. The van der Waals surface area contributed by atoms with Crippen molar-refractivity contribution in [3.05, 3.63) is 42.5 Å². The van der Waals surface area contributed by atoms with Gasteiger partial charge in [-0.3, -0.25) is 10.1 Å². The molecule has 21 heavy (non-hydrogen) atoms. The summed E-state index contributed by atoms with van der Waals surface area (Å²) in [5, 5.41) is 3.37. The molecule has 1 aromatic rings. The Hall–Kier alpha value is -1.81. The molecule has 116 valence electrons. The van der Waals surface area contributed by atoms with Gasteiger partial charge in [0.2, 0.25) is 0 Å². The summed E-state index contributed by atoms with van der Waals surface area (Å²) >= 11 is 0. The Morgan fingerprint density at radius 3 is 2.33 bits per heavy atom. The zero-order chi connectivity index (χ0) is 15.8. The van der Waals surface area contributed by atoms with Crippen LogP contribution in [0.2, 0.25) is 0 Å². The highest BCUT2D eigenvalue weighted by Gasteiger charge is 2.26. The molecule has 0 unspecified atom stereocenters. The topological polar surface area (TPSA) is 47.6 Å². The Balaban J connectivity index is 2.93. The molecule has 4 heteroatoms. The number of ether oxygens (including phenoxy) is 2. The predicted octanol–water partition coefficient (Wildman–Crippen LogP) is 3.10. The number of carbonyl (C=O) groups excluding carboxylic acids is 1. The minimum absolute atomic E-state index is 0.0138. The molecule has 0 aliphatic rings. The van der Waals surface area contributed by atoms with Crippen LogP contribution < -0.4 is 10.1 Å². The van der Waals surface area contributed by atoms with E-state index in [9.17, 15) is 4.79 Å². The number of methoxy groups -OCH3 is 2. The van der Waals surface area contributed by atoms with Crippen LogP contribution in [0.5, 0.6) is 5.75 Å². The number of nitrogens with one attached hydrogen (secondary N) is 1. The smallest absolute Gasteiger partial charge is 0.323 e. The normalized spacial score (nSPS) is 13.6. The Morgan fingerprint density at radius 2 is 1.90 bits per heavy atom. The Bertz CT molecular complexity index is 454. The molecule has 0 aliphatic heterocycles. The maximum atomic E-state index is 11.9. The van der Waals surface area contributed by atoms with E-state index in [0.717, 1.165) is 17.7 Å². The van der Waals surface area contributed by atoms with Crippen molar-refractivity contribution >= 4 is 5.97 Å². The number of benzene rings is 1. The zero-order valence-corrected chi connectivity index (χ0v) is 13.3. The fraction of sp³-hybridized carbons (Fsp3) is 0.471. The molecular formula is C17H25NO3. The first-order chi connectivity index (χ1) is 10.0. The second kappa shape index (κ2) is 8.47. The molecule has 0 spiro atoms. The van der Waals surface area contributed by atoms with Gasteiger partial charge in [0.1, 0.15) is 11.8 Å². The van der Waals surface area contributed by atoms with Crippen molar-refractivity contribution < 1.29 is 14.3 Å². The monoisotopic (exact) mass is 291 g/mol. The molecule has 0 fully saturated rings. The van der Waals surface area contributed by atoms with E-state index in [1.807, 2.05) is 44.2 Å². The van der Waals surface area contributed by atoms with Gasteiger partial charge in [0, 0.05) is 6.04 Å². The van der Waals surface area contributed by atoms with E-state index >= 15 is 0 Å². The second-order valence-electron chi connectivity index (χ2n) is 5.26. The average Bonchev–Trinajstić information content (AvgIpc) is 2.50. The van der Waals surface area contributed by atoms with E-state index in [0.29, 0.717) is 0 Å². The largest absolute Gasteiger partial charge is 0.497 e. The lowest BCUT2D eigenvalue weighted by Gasteiger charge is -2.26. The van der Waals surface area contributed by atoms with Crippen molar-refractivity contribution in [1.82, 2.24) is 5.32 Å². The second-order valence-corrected chi connectivity index (χ2v) is 5.26. The minimum Gasteiger partial charge on any atom is -0.497 e. The van der Waals surface area contributed by atoms with Crippen molar-refractivity contribution in [3.63, 3.8) is 0 Å². The van der Waals surface area contributed by atoms with E-state index in [2.05, 4.69) is 11.9 Å².